The predicted octanol–water partition coefficient (Wildman–Crippen LogP) is 3.57. The Hall–Kier alpha value is -1.84. The first-order chi connectivity index (χ1) is 12.2. The Morgan fingerprint density at radius 3 is 2.84 bits per heavy atom. The normalized spacial score (nSPS) is 11.6. The second-order valence-electron chi connectivity index (χ2n) is 5.38. The van der Waals surface area contributed by atoms with Gasteiger partial charge in [-0.2, -0.15) is 9.61 Å². The first kappa shape index (κ1) is 16.6. The van der Waals surface area contributed by atoms with Gasteiger partial charge in [0.1, 0.15) is 21.2 Å². The number of fused-ring (bicyclic) bond motifs is 2. The fourth-order valence-corrected chi connectivity index (χ4v) is 5.15. The minimum Gasteiger partial charge on any atom is -0.267 e. The summed E-state index contributed by atoms with van der Waals surface area (Å²) < 4.78 is 1.38. The topological polar surface area (TPSA) is 73.0 Å². The Morgan fingerprint density at radius 1 is 1.16 bits per heavy atom. The monoisotopic (exact) mass is 389 g/mol. The van der Waals surface area contributed by atoms with Crippen molar-refractivity contribution in [3.8, 4) is 0 Å². The summed E-state index contributed by atoms with van der Waals surface area (Å²) in [5.41, 5.74) is 0.618. The summed E-state index contributed by atoms with van der Waals surface area (Å²) in [4.78, 5) is 28.5. The zero-order valence-electron chi connectivity index (χ0n) is 13.7. The molecule has 4 aromatic heterocycles. The van der Waals surface area contributed by atoms with Crippen LogP contribution in [-0.2, 0) is 18.6 Å². The standard InChI is InChI=1S/C16H15N5OS3/c1-3-10-6-11-14(17-8-18-15(11)24-10)23-7-9-5-13(22)21-16(19-9)25-12(4-2)20-21/h5-6,8H,3-4,7H2,1-2H3. The molecule has 0 aliphatic rings. The van der Waals surface area contributed by atoms with Crippen molar-refractivity contribution >= 4 is 49.6 Å². The van der Waals surface area contributed by atoms with Crippen LogP contribution in [0.4, 0.5) is 0 Å². The van der Waals surface area contributed by atoms with Crippen molar-refractivity contribution in [3.05, 3.63) is 44.4 Å². The zero-order chi connectivity index (χ0) is 17.4. The molecule has 0 aliphatic heterocycles. The molecule has 0 saturated carbocycles. The third kappa shape index (κ3) is 3.19. The molecule has 0 N–H and O–H groups in total. The molecule has 0 fully saturated rings. The summed E-state index contributed by atoms with van der Waals surface area (Å²) in [6.45, 7) is 4.16. The van der Waals surface area contributed by atoms with Crippen LogP contribution >= 0.6 is 34.4 Å². The van der Waals surface area contributed by atoms with E-state index >= 15 is 0 Å². The largest absolute Gasteiger partial charge is 0.275 e. The lowest BCUT2D eigenvalue weighted by Crippen LogP contribution is -2.15. The summed E-state index contributed by atoms with van der Waals surface area (Å²) in [6, 6.07) is 3.72. The molecule has 6 nitrogen and oxygen atoms in total. The number of hydrogen-bond donors (Lipinski definition) is 0. The van der Waals surface area contributed by atoms with Crippen molar-refractivity contribution in [1.29, 1.82) is 0 Å². The van der Waals surface area contributed by atoms with Gasteiger partial charge in [0.15, 0.2) is 0 Å². The zero-order valence-corrected chi connectivity index (χ0v) is 16.2. The van der Waals surface area contributed by atoms with E-state index in [0.717, 1.165) is 38.8 Å². The molecule has 9 heteroatoms. The number of nitrogens with zero attached hydrogens (tertiary/aromatic N) is 5. The molecule has 0 aliphatic carbocycles. The number of hydrogen-bond acceptors (Lipinski definition) is 8. The summed E-state index contributed by atoms with van der Waals surface area (Å²) >= 11 is 4.75. The lowest BCUT2D eigenvalue weighted by molar-refractivity contribution is 0.852. The summed E-state index contributed by atoms with van der Waals surface area (Å²) in [6.07, 6.45) is 3.39. The van der Waals surface area contributed by atoms with Gasteiger partial charge in [-0.15, -0.1) is 11.3 Å². The van der Waals surface area contributed by atoms with Crippen LogP contribution in [0.15, 0.2) is 28.3 Å². The van der Waals surface area contributed by atoms with Gasteiger partial charge in [-0.25, -0.2) is 15.0 Å². The summed E-state index contributed by atoms with van der Waals surface area (Å²) in [7, 11) is 0. The van der Waals surface area contributed by atoms with Crippen molar-refractivity contribution in [2.75, 3.05) is 0 Å². The Labute approximate surface area is 156 Å². The number of thioether (sulfide) groups is 1. The summed E-state index contributed by atoms with van der Waals surface area (Å²) in [5.74, 6) is 0.592. The van der Waals surface area contributed by atoms with Gasteiger partial charge in [0, 0.05) is 22.1 Å². The molecule has 4 aromatic rings. The van der Waals surface area contributed by atoms with Gasteiger partial charge < -0.3 is 0 Å². The fourth-order valence-electron chi connectivity index (χ4n) is 2.43. The molecule has 0 aromatic carbocycles. The van der Waals surface area contributed by atoms with Gasteiger partial charge >= 0.3 is 0 Å². The lowest BCUT2D eigenvalue weighted by Gasteiger charge is -2.02. The van der Waals surface area contributed by atoms with Gasteiger partial charge in [0.25, 0.3) is 5.56 Å². The fraction of sp³-hybridized carbons (Fsp3) is 0.312. The SMILES string of the molecule is CCc1cc2c(SCc3cc(=O)n4nc(CC)sc4n3)ncnc2s1. The van der Waals surface area contributed by atoms with Gasteiger partial charge in [0.2, 0.25) is 4.96 Å². The highest BCUT2D eigenvalue weighted by Crippen LogP contribution is 2.32. The number of thiophene rings is 1. The van der Waals surface area contributed by atoms with E-state index in [0.29, 0.717) is 10.7 Å². The Morgan fingerprint density at radius 2 is 2.04 bits per heavy atom. The van der Waals surface area contributed by atoms with E-state index < -0.39 is 0 Å². The molecule has 128 valence electrons. The molecule has 0 radical (unpaired) electrons. The van der Waals surface area contributed by atoms with E-state index in [1.807, 2.05) is 6.92 Å². The van der Waals surface area contributed by atoms with E-state index in [1.165, 1.54) is 20.7 Å². The maximum Gasteiger partial charge on any atom is 0.275 e. The van der Waals surface area contributed by atoms with Crippen LogP contribution in [0.1, 0.15) is 29.4 Å². The summed E-state index contributed by atoms with van der Waals surface area (Å²) in [5, 5.41) is 7.21. The van der Waals surface area contributed by atoms with Crippen molar-refractivity contribution < 1.29 is 0 Å². The molecular formula is C16H15N5OS3. The highest BCUT2D eigenvalue weighted by molar-refractivity contribution is 7.98. The Kier molecular flexibility index (Phi) is 4.53. The third-order valence-electron chi connectivity index (χ3n) is 3.69. The molecule has 0 bridgehead atoms. The van der Waals surface area contributed by atoms with Crippen LogP contribution in [0.25, 0.3) is 15.2 Å². The van der Waals surface area contributed by atoms with Gasteiger partial charge in [-0.05, 0) is 18.9 Å². The lowest BCUT2D eigenvalue weighted by atomic mass is 10.3. The number of aryl methyl sites for hydroxylation is 2. The third-order valence-corrected chi connectivity index (χ3v) is 6.97. The van der Waals surface area contributed by atoms with Gasteiger partial charge in [-0.1, -0.05) is 36.9 Å². The molecule has 4 heterocycles. The second kappa shape index (κ2) is 6.81. The first-order valence-electron chi connectivity index (χ1n) is 7.92. The van der Waals surface area contributed by atoms with Crippen LogP contribution in [0.5, 0.6) is 0 Å². The van der Waals surface area contributed by atoms with E-state index in [1.54, 1.807) is 35.5 Å². The quantitative estimate of drug-likeness (QED) is 0.384. The molecule has 0 atom stereocenters. The van der Waals surface area contributed by atoms with Crippen molar-refractivity contribution in [1.82, 2.24) is 24.6 Å². The van der Waals surface area contributed by atoms with Gasteiger partial charge in [0.05, 0.1) is 5.69 Å². The van der Waals surface area contributed by atoms with Crippen molar-refractivity contribution in [2.45, 2.75) is 37.5 Å². The minimum absolute atomic E-state index is 0.131. The van der Waals surface area contributed by atoms with Crippen LogP contribution < -0.4 is 5.56 Å². The maximum absolute atomic E-state index is 12.2. The van der Waals surface area contributed by atoms with Crippen LogP contribution in [0.2, 0.25) is 0 Å². The van der Waals surface area contributed by atoms with Crippen LogP contribution in [0, 0.1) is 0 Å². The van der Waals surface area contributed by atoms with Crippen molar-refractivity contribution in [2.24, 2.45) is 0 Å². The van der Waals surface area contributed by atoms with Crippen LogP contribution in [-0.4, -0.2) is 24.6 Å². The second-order valence-corrected chi connectivity index (χ2v) is 8.50. The number of rotatable bonds is 5. The number of aromatic nitrogens is 5. The highest BCUT2D eigenvalue weighted by Gasteiger charge is 2.11. The predicted molar refractivity (Wildman–Crippen MR) is 103 cm³/mol. The molecule has 0 spiro atoms. The van der Waals surface area contributed by atoms with Crippen LogP contribution in [0.3, 0.4) is 0 Å². The average molecular weight is 390 g/mol. The molecule has 4 rings (SSSR count). The molecule has 0 amide bonds. The molecule has 0 unspecified atom stereocenters. The molecule has 0 saturated heterocycles. The van der Waals surface area contributed by atoms with E-state index in [-0.39, 0.29) is 5.56 Å². The van der Waals surface area contributed by atoms with E-state index in [2.05, 4.69) is 33.0 Å². The van der Waals surface area contributed by atoms with E-state index in [4.69, 9.17) is 0 Å². The van der Waals surface area contributed by atoms with E-state index in [9.17, 15) is 4.79 Å². The Bertz CT molecular complexity index is 1110. The molecular weight excluding hydrogens is 374 g/mol. The first-order valence-corrected chi connectivity index (χ1v) is 10.5. The van der Waals surface area contributed by atoms with Crippen molar-refractivity contribution in [3.63, 3.8) is 0 Å². The minimum atomic E-state index is -0.131. The highest BCUT2D eigenvalue weighted by atomic mass is 32.2. The smallest absolute Gasteiger partial charge is 0.267 e. The average Bonchev–Trinajstić information content (AvgIpc) is 3.23. The van der Waals surface area contributed by atoms with Gasteiger partial charge in [-0.3, -0.25) is 4.79 Å². The molecule has 25 heavy (non-hydrogen) atoms. The Balaban J connectivity index is 1.64. The maximum atomic E-state index is 12.2.